The molecule has 2 heterocycles. The second-order valence-electron chi connectivity index (χ2n) is 5.66. The van der Waals surface area contributed by atoms with Gasteiger partial charge in [-0.1, -0.05) is 22.0 Å². The van der Waals surface area contributed by atoms with E-state index < -0.39 is 11.9 Å². The van der Waals surface area contributed by atoms with E-state index in [-0.39, 0.29) is 12.5 Å². The normalized spacial score (nSPS) is 18.6. The standard InChI is InChI=1S/C16H17BrN2O3/c17-13-4-3-11-5-7-18(14(11)8-13)10-15(20)19-6-1-2-12(9-19)16(21)22/h3-5,7-8,12H,1-2,6,9-10H2,(H,21,22)/t12-/m1/s1. The molecule has 1 N–H and O–H groups in total. The van der Waals surface area contributed by atoms with Crippen LogP contribution in [0.5, 0.6) is 0 Å². The van der Waals surface area contributed by atoms with Crippen LogP contribution in [-0.2, 0) is 16.1 Å². The van der Waals surface area contributed by atoms with Crippen molar-refractivity contribution < 1.29 is 14.7 Å². The van der Waals surface area contributed by atoms with E-state index in [1.807, 2.05) is 35.0 Å². The van der Waals surface area contributed by atoms with Gasteiger partial charge in [-0.05, 0) is 36.4 Å². The highest BCUT2D eigenvalue weighted by molar-refractivity contribution is 9.10. The van der Waals surface area contributed by atoms with Crippen LogP contribution in [0.25, 0.3) is 10.9 Å². The molecule has 1 fully saturated rings. The van der Waals surface area contributed by atoms with Crippen LogP contribution < -0.4 is 0 Å². The Labute approximate surface area is 136 Å². The van der Waals surface area contributed by atoms with Crippen LogP contribution in [0.3, 0.4) is 0 Å². The van der Waals surface area contributed by atoms with E-state index in [4.69, 9.17) is 5.11 Å². The fourth-order valence-corrected chi connectivity index (χ4v) is 3.29. The van der Waals surface area contributed by atoms with E-state index in [1.165, 1.54) is 0 Å². The smallest absolute Gasteiger partial charge is 0.308 e. The molecule has 0 spiro atoms. The van der Waals surface area contributed by atoms with E-state index in [0.29, 0.717) is 19.5 Å². The summed E-state index contributed by atoms with van der Waals surface area (Å²) in [7, 11) is 0. The average molecular weight is 365 g/mol. The van der Waals surface area contributed by atoms with Crippen molar-refractivity contribution in [2.24, 2.45) is 5.92 Å². The number of hydrogen-bond donors (Lipinski definition) is 1. The quantitative estimate of drug-likeness (QED) is 0.910. The Kier molecular flexibility index (Phi) is 4.20. The first kappa shape index (κ1) is 15.1. The highest BCUT2D eigenvalue weighted by Crippen LogP contribution is 2.22. The van der Waals surface area contributed by atoms with Crippen LogP contribution in [0.2, 0.25) is 0 Å². The third-order valence-electron chi connectivity index (χ3n) is 4.16. The first-order chi connectivity index (χ1) is 10.5. The molecule has 1 amide bonds. The Hall–Kier alpha value is -1.82. The van der Waals surface area contributed by atoms with Crippen LogP contribution in [0, 0.1) is 5.92 Å². The highest BCUT2D eigenvalue weighted by atomic mass is 79.9. The Morgan fingerprint density at radius 1 is 1.32 bits per heavy atom. The van der Waals surface area contributed by atoms with E-state index in [9.17, 15) is 9.59 Å². The van der Waals surface area contributed by atoms with Crippen molar-refractivity contribution in [3.05, 3.63) is 34.9 Å². The lowest BCUT2D eigenvalue weighted by Crippen LogP contribution is -2.43. The van der Waals surface area contributed by atoms with Gasteiger partial charge in [-0.15, -0.1) is 0 Å². The summed E-state index contributed by atoms with van der Waals surface area (Å²) in [4.78, 5) is 25.2. The number of amides is 1. The summed E-state index contributed by atoms with van der Waals surface area (Å²) < 4.78 is 2.88. The first-order valence-corrected chi connectivity index (χ1v) is 8.09. The molecule has 1 aliphatic rings. The summed E-state index contributed by atoms with van der Waals surface area (Å²) in [5.41, 5.74) is 0.995. The maximum absolute atomic E-state index is 12.5. The van der Waals surface area contributed by atoms with Gasteiger partial charge in [0.1, 0.15) is 6.54 Å². The zero-order valence-electron chi connectivity index (χ0n) is 12.0. The van der Waals surface area contributed by atoms with Crippen LogP contribution >= 0.6 is 15.9 Å². The summed E-state index contributed by atoms with van der Waals surface area (Å²) in [6.07, 6.45) is 3.30. The molecule has 1 saturated heterocycles. The fraction of sp³-hybridized carbons (Fsp3) is 0.375. The van der Waals surface area contributed by atoms with Crippen LogP contribution in [0.4, 0.5) is 0 Å². The minimum absolute atomic E-state index is 0.0246. The van der Waals surface area contributed by atoms with Crippen LogP contribution in [-0.4, -0.2) is 39.5 Å². The zero-order valence-corrected chi connectivity index (χ0v) is 13.6. The third kappa shape index (κ3) is 3.02. The number of nitrogens with zero attached hydrogens (tertiary/aromatic N) is 2. The van der Waals surface area contributed by atoms with Crippen molar-refractivity contribution in [2.45, 2.75) is 19.4 Å². The molecule has 1 aliphatic heterocycles. The lowest BCUT2D eigenvalue weighted by atomic mass is 9.98. The van der Waals surface area contributed by atoms with E-state index in [0.717, 1.165) is 21.8 Å². The molecule has 3 rings (SSSR count). The molecule has 0 radical (unpaired) electrons. The predicted molar refractivity (Wildman–Crippen MR) is 86.6 cm³/mol. The van der Waals surface area contributed by atoms with Gasteiger partial charge in [0.25, 0.3) is 0 Å². The number of rotatable bonds is 3. The van der Waals surface area contributed by atoms with Crippen molar-refractivity contribution in [1.82, 2.24) is 9.47 Å². The minimum atomic E-state index is -0.812. The lowest BCUT2D eigenvalue weighted by molar-refractivity contribution is -0.145. The van der Waals surface area contributed by atoms with Crippen molar-refractivity contribution in [3.8, 4) is 0 Å². The number of carbonyl (C=O) groups excluding carboxylic acids is 1. The van der Waals surface area contributed by atoms with Gasteiger partial charge in [-0.25, -0.2) is 0 Å². The van der Waals surface area contributed by atoms with Gasteiger partial charge in [0.2, 0.25) is 5.91 Å². The van der Waals surface area contributed by atoms with E-state index >= 15 is 0 Å². The maximum Gasteiger partial charge on any atom is 0.308 e. The third-order valence-corrected chi connectivity index (χ3v) is 4.66. The Morgan fingerprint density at radius 3 is 2.91 bits per heavy atom. The molecule has 0 unspecified atom stereocenters. The van der Waals surface area contributed by atoms with Gasteiger partial charge in [-0.2, -0.15) is 0 Å². The number of aromatic nitrogens is 1. The number of carboxylic acids is 1. The lowest BCUT2D eigenvalue weighted by Gasteiger charge is -2.30. The molecule has 6 heteroatoms. The topological polar surface area (TPSA) is 62.5 Å². The highest BCUT2D eigenvalue weighted by Gasteiger charge is 2.28. The Bertz CT molecular complexity index is 725. The van der Waals surface area contributed by atoms with Crippen molar-refractivity contribution in [1.29, 1.82) is 0 Å². The molecule has 0 bridgehead atoms. The number of hydrogen-bond acceptors (Lipinski definition) is 2. The van der Waals surface area contributed by atoms with Crippen molar-refractivity contribution in [3.63, 3.8) is 0 Å². The largest absolute Gasteiger partial charge is 0.481 e. The molecule has 1 aromatic heterocycles. The van der Waals surface area contributed by atoms with E-state index in [2.05, 4.69) is 15.9 Å². The van der Waals surface area contributed by atoms with Crippen molar-refractivity contribution in [2.75, 3.05) is 13.1 Å². The number of carboxylic acid groups (broad SMARTS) is 1. The Balaban J connectivity index is 1.75. The van der Waals surface area contributed by atoms with E-state index in [1.54, 1.807) is 4.90 Å². The number of halogens is 1. The predicted octanol–water partition coefficient (Wildman–Crippen LogP) is 2.73. The summed E-state index contributed by atoms with van der Waals surface area (Å²) in [5, 5.41) is 10.2. The van der Waals surface area contributed by atoms with Gasteiger partial charge in [0, 0.05) is 29.3 Å². The molecule has 1 aromatic carbocycles. The fourth-order valence-electron chi connectivity index (χ4n) is 2.95. The van der Waals surface area contributed by atoms with Gasteiger partial charge >= 0.3 is 5.97 Å². The molecule has 0 saturated carbocycles. The van der Waals surface area contributed by atoms with Gasteiger partial charge < -0.3 is 14.6 Å². The summed E-state index contributed by atoms with van der Waals surface area (Å²) in [6.45, 7) is 1.20. The summed E-state index contributed by atoms with van der Waals surface area (Å²) >= 11 is 3.44. The first-order valence-electron chi connectivity index (χ1n) is 7.29. The summed E-state index contributed by atoms with van der Waals surface area (Å²) in [5.74, 6) is -1.27. The molecule has 1 atom stereocenters. The SMILES string of the molecule is O=C(O)[C@@H]1CCCN(C(=O)Cn2ccc3ccc(Br)cc32)C1. The van der Waals surface area contributed by atoms with Gasteiger partial charge in [0.05, 0.1) is 5.92 Å². The van der Waals surface area contributed by atoms with Crippen LogP contribution in [0.15, 0.2) is 34.9 Å². The second-order valence-corrected chi connectivity index (χ2v) is 6.58. The maximum atomic E-state index is 12.5. The van der Waals surface area contributed by atoms with Crippen LogP contribution in [0.1, 0.15) is 12.8 Å². The molecule has 0 aliphatic carbocycles. The number of aliphatic carboxylic acids is 1. The molecular formula is C16H17BrN2O3. The molecule has 2 aromatic rings. The summed E-state index contributed by atoms with van der Waals surface area (Å²) in [6, 6.07) is 7.93. The number of likely N-dealkylation sites (tertiary alicyclic amines) is 1. The number of piperidine rings is 1. The van der Waals surface area contributed by atoms with Gasteiger partial charge in [0.15, 0.2) is 0 Å². The monoisotopic (exact) mass is 364 g/mol. The average Bonchev–Trinajstić information content (AvgIpc) is 2.89. The Morgan fingerprint density at radius 2 is 2.14 bits per heavy atom. The minimum Gasteiger partial charge on any atom is -0.481 e. The molecular weight excluding hydrogens is 348 g/mol. The number of benzene rings is 1. The number of carbonyl (C=O) groups is 2. The second kappa shape index (κ2) is 6.12. The molecule has 116 valence electrons. The number of fused-ring (bicyclic) bond motifs is 1. The zero-order chi connectivity index (χ0) is 15.7. The molecule has 5 nitrogen and oxygen atoms in total. The van der Waals surface area contributed by atoms with Gasteiger partial charge in [-0.3, -0.25) is 9.59 Å². The molecule has 22 heavy (non-hydrogen) atoms. The van der Waals surface area contributed by atoms with Crippen molar-refractivity contribution >= 4 is 38.7 Å².